The highest BCUT2D eigenvalue weighted by atomic mass is 127. The molecule has 0 unspecified atom stereocenters. The minimum absolute atomic E-state index is 0.00171. The van der Waals surface area contributed by atoms with Crippen LogP contribution in [0.1, 0.15) is 20.7 Å². The number of benzene rings is 2. The van der Waals surface area contributed by atoms with Crippen LogP contribution in [0.3, 0.4) is 0 Å². The molecule has 1 N–H and O–H groups in total. The molecule has 0 saturated heterocycles. The Kier molecular flexibility index (Phi) is 5.27. The molecule has 0 fully saturated rings. The molecular weight excluding hydrogens is 415 g/mol. The Morgan fingerprint density at radius 3 is 2.30 bits per heavy atom. The summed E-state index contributed by atoms with van der Waals surface area (Å²) in [6, 6.07) is 10.5. The van der Waals surface area contributed by atoms with Crippen LogP contribution in [0.15, 0.2) is 42.5 Å². The molecule has 0 heterocycles. The number of esters is 1. The van der Waals surface area contributed by atoms with Crippen molar-refractivity contribution in [3.05, 3.63) is 67.3 Å². The standard InChI is InChI=1S/C15H11IN2O5/c1-23-15(20)10-6-9(7-13(8-10)18(21)22)14(19)17-12-4-2-11(16)3-5-12/h2-8H,1H3,(H,17,19). The van der Waals surface area contributed by atoms with Gasteiger partial charge in [-0.2, -0.15) is 0 Å². The van der Waals surface area contributed by atoms with Gasteiger partial charge in [-0.15, -0.1) is 0 Å². The van der Waals surface area contributed by atoms with Gasteiger partial charge in [-0.05, 0) is 52.9 Å². The molecule has 0 aliphatic heterocycles. The summed E-state index contributed by atoms with van der Waals surface area (Å²) < 4.78 is 5.55. The number of carbonyl (C=O) groups is 2. The maximum Gasteiger partial charge on any atom is 0.338 e. The molecule has 2 aromatic carbocycles. The van der Waals surface area contributed by atoms with Crippen LogP contribution in [-0.4, -0.2) is 23.9 Å². The van der Waals surface area contributed by atoms with Gasteiger partial charge in [0.1, 0.15) is 0 Å². The Labute approximate surface area is 144 Å². The molecule has 0 radical (unpaired) electrons. The minimum Gasteiger partial charge on any atom is -0.465 e. The molecule has 1 amide bonds. The number of amides is 1. The Balaban J connectivity index is 2.34. The molecule has 8 heteroatoms. The molecule has 0 aliphatic rings. The predicted octanol–water partition coefficient (Wildman–Crippen LogP) is 3.24. The summed E-state index contributed by atoms with van der Waals surface area (Å²) in [6.45, 7) is 0. The van der Waals surface area contributed by atoms with Gasteiger partial charge in [0.05, 0.1) is 17.6 Å². The number of ether oxygens (including phenoxy) is 1. The molecule has 118 valence electrons. The van der Waals surface area contributed by atoms with Crippen molar-refractivity contribution >= 4 is 45.8 Å². The highest BCUT2D eigenvalue weighted by molar-refractivity contribution is 14.1. The van der Waals surface area contributed by atoms with E-state index in [1.54, 1.807) is 12.1 Å². The smallest absolute Gasteiger partial charge is 0.338 e. The van der Waals surface area contributed by atoms with Gasteiger partial charge in [0.15, 0.2) is 0 Å². The van der Waals surface area contributed by atoms with E-state index in [9.17, 15) is 19.7 Å². The van der Waals surface area contributed by atoms with Gasteiger partial charge in [0.25, 0.3) is 11.6 Å². The summed E-state index contributed by atoms with van der Waals surface area (Å²) in [5, 5.41) is 13.6. The van der Waals surface area contributed by atoms with E-state index < -0.39 is 16.8 Å². The second-order valence-corrected chi connectivity index (χ2v) is 5.72. The third-order valence-electron chi connectivity index (χ3n) is 2.91. The minimum atomic E-state index is -0.753. The SMILES string of the molecule is COC(=O)c1cc(C(=O)Nc2ccc(I)cc2)cc([N+](=O)[O-])c1. The first-order valence-electron chi connectivity index (χ1n) is 6.35. The summed E-state index contributed by atoms with van der Waals surface area (Å²) in [6.07, 6.45) is 0. The number of nitrogens with zero attached hydrogens (tertiary/aromatic N) is 1. The molecule has 0 spiro atoms. The fourth-order valence-corrected chi connectivity index (χ4v) is 2.18. The highest BCUT2D eigenvalue weighted by Crippen LogP contribution is 2.20. The summed E-state index contributed by atoms with van der Waals surface area (Å²) >= 11 is 2.13. The summed E-state index contributed by atoms with van der Waals surface area (Å²) in [4.78, 5) is 34.1. The van der Waals surface area contributed by atoms with Crippen LogP contribution in [-0.2, 0) is 4.74 Å². The van der Waals surface area contributed by atoms with Crippen molar-refractivity contribution in [1.82, 2.24) is 0 Å². The molecule has 0 aliphatic carbocycles. The number of anilines is 1. The van der Waals surface area contributed by atoms with Crippen molar-refractivity contribution in [2.75, 3.05) is 12.4 Å². The quantitative estimate of drug-likeness (QED) is 0.350. The van der Waals surface area contributed by atoms with Crippen LogP contribution in [0.25, 0.3) is 0 Å². The second kappa shape index (κ2) is 7.18. The normalized spacial score (nSPS) is 10.0. The van der Waals surface area contributed by atoms with E-state index >= 15 is 0 Å². The van der Waals surface area contributed by atoms with Crippen LogP contribution in [0.2, 0.25) is 0 Å². The first-order valence-corrected chi connectivity index (χ1v) is 7.43. The zero-order valence-corrected chi connectivity index (χ0v) is 14.1. The van der Waals surface area contributed by atoms with Crippen molar-refractivity contribution in [2.45, 2.75) is 0 Å². The Bertz CT molecular complexity index is 774. The summed E-state index contributed by atoms with van der Waals surface area (Å²) in [5.74, 6) is -1.31. The van der Waals surface area contributed by atoms with Crippen molar-refractivity contribution in [1.29, 1.82) is 0 Å². The third kappa shape index (κ3) is 4.25. The van der Waals surface area contributed by atoms with Gasteiger partial charge >= 0.3 is 5.97 Å². The average molecular weight is 426 g/mol. The maximum atomic E-state index is 12.2. The lowest BCUT2D eigenvalue weighted by Crippen LogP contribution is -2.14. The first-order chi connectivity index (χ1) is 10.9. The fraction of sp³-hybridized carbons (Fsp3) is 0.0667. The molecule has 2 rings (SSSR count). The van der Waals surface area contributed by atoms with Gasteiger partial charge in [-0.25, -0.2) is 4.79 Å². The molecule has 0 aromatic heterocycles. The lowest BCUT2D eigenvalue weighted by molar-refractivity contribution is -0.384. The van der Waals surface area contributed by atoms with Crippen molar-refractivity contribution in [3.63, 3.8) is 0 Å². The van der Waals surface area contributed by atoms with E-state index in [4.69, 9.17) is 0 Å². The van der Waals surface area contributed by atoms with Crippen LogP contribution in [0.4, 0.5) is 11.4 Å². The van der Waals surface area contributed by atoms with Crippen LogP contribution in [0, 0.1) is 13.7 Å². The number of nitro benzene ring substituents is 1. The molecule has 0 atom stereocenters. The first kappa shape index (κ1) is 16.9. The highest BCUT2D eigenvalue weighted by Gasteiger charge is 2.18. The number of methoxy groups -OCH3 is 1. The number of halogens is 1. The summed E-state index contributed by atoms with van der Waals surface area (Å²) in [5.41, 5.74) is 0.120. The van der Waals surface area contributed by atoms with E-state index in [1.165, 1.54) is 6.07 Å². The van der Waals surface area contributed by atoms with E-state index in [0.717, 1.165) is 22.8 Å². The number of hydrogen-bond acceptors (Lipinski definition) is 5. The molecule has 0 bridgehead atoms. The zero-order valence-electron chi connectivity index (χ0n) is 11.9. The second-order valence-electron chi connectivity index (χ2n) is 4.48. The maximum absolute atomic E-state index is 12.2. The van der Waals surface area contributed by atoms with Crippen LogP contribution >= 0.6 is 22.6 Å². The number of hydrogen-bond donors (Lipinski definition) is 1. The lowest BCUT2D eigenvalue weighted by Gasteiger charge is -2.07. The van der Waals surface area contributed by atoms with E-state index in [-0.39, 0.29) is 16.8 Å². The van der Waals surface area contributed by atoms with Gasteiger partial charge in [-0.3, -0.25) is 14.9 Å². The lowest BCUT2D eigenvalue weighted by atomic mass is 10.1. The zero-order chi connectivity index (χ0) is 17.0. The molecular formula is C15H11IN2O5. The predicted molar refractivity (Wildman–Crippen MR) is 91.5 cm³/mol. The van der Waals surface area contributed by atoms with E-state index in [2.05, 4.69) is 32.6 Å². The third-order valence-corrected chi connectivity index (χ3v) is 3.63. The summed E-state index contributed by atoms with van der Waals surface area (Å²) in [7, 11) is 1.16. The van der Waals surface area contributed by atoms with Gasteiger partial charge in [-0.1, -0.05) is 0 Å². The Morgan fingerprint density at radius 2 is 1.74 bits per heavy atom. The topological polar surface area (TPSA) is 98.5 Å². The van der Waals surface area contributed by atoms with Gasteiger partial charge in [0, 0.05) is 27.0 Å². The monoisotopic (exact) mass is 426 g/mol. The molecule has 23 heavy (non-hydrogen) atoms. The van der Waals surface area contributed by atoms with Crippen LogP contribution < -0.4 is 5.32 Å². The van der Waals surface area contributed by atoms with Crippen molar-refractivity contribution in [2.24, 2.45) is 0 Å². The number of non-ortho nitro benzene ring substituents is 1. The average Bonchev–Trinajstić information content (AvgIpc) is 2.55. The van der Waals surface area contributed by atoms with Crippen molar-refractivity contribution < 1.29 is 19.2 Å². The van der Waals surface area contributed by atoms with Crippen LogP contribution in [0.5, 0.6) is 0 Å². The largest absolute Gasteiger partial charge is 0.465 e. The van der Waals surface area contributed by atoms with Gasteiger partial charge in [0.2, 0.25) is 0 Å². The van der Waals surface area contributed by atoms with Crippen molar-refractivity contribution in [3.8, 4) is 0 Å². The molecule has 2 aromatic rings. The Morgan fingerprint density at radius 1 is 1.13 bits per heavy atom. The number of rotatable bonds is 4. The number of carbonyl (C=O) groups excluding carboxylic acids is 2. The van der Waals surface area contributed by atoms with Gasteiger partial charge < -0.3 is 10.1 Å². The van der Waals surface area contributed by atoms with E-state index in [1.807, 2.05) is 12.1 Å². The number of nitrogens with one attached hydrogen (secondary N) is 1. The Hall–Kier alpha value is -2.49. The molecule has 7 nitrogen and oxygen atoms in total. The fourth-order valence-electron chi connectivity index (χ4n) is 1.82. The number of nitro groups is 1. The van der Waals surface area contributed by atoms with E-state index in [0.29, 0.717) is 5.69 Å². The molecule has 0 saturated carbocycles.